The van der Waals surface area contributed by atoms with E-state index in [1.807, 2.05) is 16.7 Å². The number of nitrogens with one attached hydrogen (secondary N) is 2. The van der Waals surface area contributed by atoms with Gasteiger partial charge in [-0.2, -0.15) is 0 Å². The van der Waals surface area contributed by atoms with Gasteiger partial charge in [-0.3, -0.25) is 4.79 Å². The third-order valence-electron chi connectivity index (χ3n) is 4.71. The predicted molar refractivity (Wildman–Crippen MR) is 96.6 cm³/mol. The van der Waals surface area contributed by atoms with Crippen molar-refractivity contribution in [1.29, 1.82) is 0 Å². The molecule has 6 heteroatoms. The largest absolute Gasteiger partial charge is 0.383 e. The number of ether oxygens (including phenoxy) is 1. The molecule has 2 N–H and O–H groups in total. The van der Waals surface area contributed by atoms with E-state index in [0.717, 1.165) is 25.3 Å². The first-order chi connectivity index (χ1) is 12.3. The van der Waals surface area contributed by atoms with Gasteiger partial charge in [0.05, 0.1) is 25.2 Å². The van der Waals surface area contributed by atoms with Crippen molar-refractivity contribution in [3.8, 4) is 0 Å². The summed E-state index contributed by atoms with van der Waals surface area (Å²) < 4.78 is 7.07. The summed E-state index contributed by atoms with van der Waals surface area (Å²) in [5, 5.41) is 6.39. The molecule has 3 rings (SSSR count). The lowest BCUT2D eigenvalue weighted by Crippen LogP contribution is -2.28. The Morgan fingerprint density at radius 1 is 1.40 bits per heavy atom. The van der Waals surface area contributed by atoms with Crippen LogP contribution in [0, 0.1) is 0 Å². The molecule has 1 fully saturated rings. The van der Waals surface area contributed by atoms with Gasteiger partial charge in [0.1, 0.15) is 0 Å². The first kappa shape index (κ1) is 17.6. The van der Waals surface area contributed by atoms with Gasteiger partial charge in [-0.05, 0) is 43.0 Å². The third kappa shape index (κ3) is 4.67. The van der Waals surface area contributed by atoms with Crippen LogP contribution in [-0.4, -0.2) is 42.3 Å². The van der Waals surface area contributed by atoms with E-state index in [0.29, 0.717) is 24.6 Å². The van der Waals surface area contributed by atoms with Gasteiger partial charge in [-0.25, -0.2) is 4.98 Å². The minimum absolute atomic E-state index is 0.0622. The Hall–Kier alpha value is -2.18. The van der Waals surface area contributed by atoms with Gasteiger partial charge in [0.25, 0.3) is 5.91 Å². The summed E-state index contributed by atoms with van der Waals surface area (Å²) >= 11 is 0. The van der Waals surface area contributed by atoms with Crippen molar-refractivity contribution < 1.29 is 9.53 Å². The van der Waals surface area contributed by atoms with Crippen molar-refractivity contribution in [3.05, 3.63) is 53.6 Å². The summed E-state index contributed by atoms with van der Waals surface area (Å²) in [7, 11) is 1.67. The zero-order chi connectivity index (χ0) is 17.5. The van der Waals surface area contributed by atoms with E-state index in [2.05, 4.69) is 27.8 Å². The number of nitrogens with zero attached hydrogens (tertiary/aromatic N) is 2. The first-order valence-corrected chi connectivity index (χ1v) is 8.84. The second-order valence-corrected chi connectivity index (χ2v) is 6.42. The average molecular weight is 342 g/mol. The quantitative estimate of drug-likeness (QED) is 0.807. The minimum Gasteiger partial charge on any atom is -0.383 e. The van der Waals surface area contributed by atoms with E-state index >= 15 is 0 Å². The summed E-state index contributed by atoms with van der Waals surface area (Å²) in [6.45, 7) is 3.94. The van der Waals surface area contributed by atoms with E-state index in [1.54, 1.807) is 19.6 Å². The number of methoxy groups -OCH3 is 1. The Balaban J connectivity index is 1.55. The summed E-state index contributed by atoms with van der Waals surface area (Å²) in [4.78, 5) is 16.5. The lowest BCUT2D eigenvalue weighted by Gasteiger charge is -2.23. The second-order valence-electron chi connectivity index (χ2n) is 6.42. The molecular formula is C19H26N4O2. The van der Waals surface area contributed by atoms with E-state index in [-0.39, 0.29) is 5.91 Å². The van der Waals surface area contributed by atoms with Crippen LogP contribution in [0.4, 0.5) is 0 Å². The van der Waals surface area contributed by atoms with E-state index in [4.69, 9.17) is 4.74 Å². The Morgan fingerprint density at radius 2 is 2.24 bits per heavy atom. The predicted octanol–water partition coefficient (Wildman–Crippen LogP) is 1.93. The van der Waals surface area contributed by atoms with Crippen molar-refractivity contribution >= 4 is 5.91 Å². The summed E-state index contributed by atoms with van der Waals surface area (Å²) in [6, 6.07) is 7.99. The first-order valence-electron chi connectivity index (χ1n) is 8.84. The molecule has 0 radical (unpaired) electrons. The standard InChI is InChI=1S/C19H26N4O2/c1-25-10-9-23-14-21-12-18(23)13-22-19(24)16-6-4-15(5-7-16)17-3-2-8-20-11-17/h4-7,12,14,17,20H,2-3,8-11,13H2,1H3,(H,22,24)/t17-/m1/s1. The van der Waals surface area contributed by atoms with Crippen LogP contribution in [0.15, 0.2) is 36.8 Å². The van der Waals surface area contributed by atoms with Crippen LogP contribution in [0.3, 0.4) is 0 Å². The van der Waals surface area contributed by atoms with Crippen molar-refractivity contribution in [2.45, 2.75) is 31.8 Å². The van der Waals surface area contributed by atoms with E-state index < -0.39 is 0 Å². The molecule has 1 aromatic heterocycles. The highest BCUT2D eigenvalue weighted by Gasteiger charge is 2.15. The Bertz CT molecular complexity index is 675. The lowest BCUT2D eigenvalue weighted by atomic mass is 9.91. The summed E-state index contributed by atoms with van der Waals surface area (Å²) in [5.74, 6) is 0.494. The molecule has 25 heavy (non-hydrogen) atoms. The Kier molecular flexibility index (Phi) is 6.19. The van der Waals surface area contributed by atoms with Crippen LogP contribution < -0.4 is 10.6 Å². The zero-order valence-corrected chi connectivity index (χ0v) is 14.7. The number of carbonyl (C=O) groups excluding carboxylic acids is 1. The molecule has 0 unspecified atom stereocenters. The fourth-order valence-corrected chi connectivity index (χ4v) is 3.20. The molecule has 1 atom stereocenters. The monoisotopic (exact) mass is 342 g/mol. The molecule has 1 saturated heterocycles. The van der Waals surface area contributed by atoms with Crippen LogP contribution in [0.5, 0.6) is 0 Å². The molecule has 2 aromatic rings. The number of hydrogen-bond acceptors (Lipinski definition) is 4. The highest BCUT2D eigenvalue weighted by atomic mass is 16.5. The van der Waals surface area contributed by atoms with Crippen molar-refractivity contribution in [1.82, 2.24) is 20.2 Å². The van der Waals surface area contributed by atoms with Crippen LogP contribution in [0.25, 0.3) is 0 Å². The van der Waals surface area contributed by atoms with Crippen molar-refractivity contribution in [2.75, 3.05) is 26.8 Å². The number of benzene rings is 1. The SMILES string of the molecule is COCCn1cncc1CNC(=O)c1ccc([C@@H]2CCCNC2)cc1. The topological polar surface area (TPSA) is 68.2 Å². The molecule has 2 heterocycles. The maximum atomic E-state index is 12.4. The van der Waals surface area contributed by atoms with Gasteiger partial charge in [0, 0.05) is 32.0 Å². The highest BCUT2D eigenvalue weighted by Crippen LogP contribution is 2.23. The number of carbonyl (C=O) groups is 1. The fourth-order valence-electron chi connectivity index (χ4n) is 3.20. The number of imidazole rings is 1. The van der Waals surface area contributed by atoms with E-state index in [1.165, 1.54) is 18.4 Å². The minimum atomic E-state index is -0.0622. The van der Waals surface area contributed by atoms with Crippen molar-refractivity contribution in [3.63, 3.8) is 0 Å². The van der Waals surface area contributed by atoms with Crippen LogP contribution >= 0.6 is 0 Å². The number of rotatable bonds is 7. The Morgan fingerprint density at radius 3 is 2.96 bits per heavy atom. The third-order valence-corrected chi connectivity index (χ3v) is 4.71. The normalized spacial score (nSPS) is 17.4. The van der Waals surface area contributed by atoms with Gasteiger partial charge in [-0.15, -0.1) is 0 Å². The molecule has 134 valence electrons. The van der Waals surface area contributed by atoms with Crippen LogP contribution in [0.2, 0.25) is 0 Å². The smallest absolute Gasteiger partial charge is 0.251 e. The molecule has 1 aliphatic rings. The number of piperidine rings is 1. The fraction of sp³-hybridized carbons (Fsp3) is 0.474. The van der Waals surface area contributed by atoms with Gasteiger partial charge in [-0.1, -0.05) is 12.1 Å². The Labute approximate surface area is 148 Å². The summed E-state index contributed by atoms with van der Waals surface area (Å²) in [6.07, 6.45) is 5.95. The van der Waals surface area contributed by atoms with Crippen LogP contribution in [0.1, 0.15) is 40.4 Å². The number of amides is 1. The molecular weight excluding hydrogens is 316 g/mol. The van der Waals surface area contributed by atoms with Gasteiger partial charge in [0.2, 0.25) is 0 Å². The average Bonchev–Trinajstić information content (AvgIpc) is 3.12. The molecule has 0 bridgehead atoms. The molecule has 1 amide bonds. The highest BCUT2D eigenvalue weighted by molar-refractivity contribution is 5.94. The zero-order valence-electron chi connectivity index (χ0n) is 14.7. The number of hydrogen-bond donors (Lipinski definition) is 2. The molecule has 1 aromatic carbocycles. The molecule has 6 nitrogen and oxygen atoms in total. The molecule has 0 aliphatic carbocycles. The van der Waals surface area contributed by atoms with Gasteiger partial charge < -0.3 is 19.9 Å². The maximum absolute atomic E-state index is 12.4. The lowest BCUT2D eigenvalue weighted by molar-refractivity contribution is 0.0950. The van der Waals surface area contributed by atoms with Gasteiger partial charge in [0.15, 0.2) is 0 Å². The van der Waals surface area contributed by atoms with E-state index in [9.17, 15) is 4.79 Å². The molecule has 0 spiro atoms. The summed E-state index contributed by atoms with van der Waals surface area (Å²) in [5.41, 5.74) is 2.96. The second kappa shape index (κ2) is 8.78. The maximum Gasteiger partial charge on any atom is 0.251 e. The van der Waals surface area contributed by atoms with Crippen LogP contribution in [-0.2, 0) is 17.8 Å². The molecule has 0 saturated carbocycles. The van der Waals surface area contributed by atoms with Gasteiger partial charge >= 0.3 is 0 Å². The number of aromatic nitrogens is 2. The molecule has 1 aliphatic heterocycles. The van der Waals surface area contributed by atoms with Crippen molar-refractivity contribution in [2.24, 2.45) is 0 Å².